The minimum absolute atomic E-state index is 0.0861. The summed E-state index contributed by atoms with van der Waals surface area (Å²) < 4.78 is 43.0. The summed E-state index contributed by atoms with van der Waals surface area (Å²) in [5.74, 6) is 9.94. The first-order valence-electron chi connectivity index (χ1n) is 11.0. The molecule has 1 aromatic carbocycles. The Kier molecular flexibility index (Phi) is 8.34. The molecule has 0 aromatic heterocycles. The average molecular weight is 458 g/mol. The van der Waals surface area contributed by atoms with Gasteiger partial charge in [0.15, 0.2) is 0 Å². The van der Waals surface area contributed by atoms with Gasteiger partial charge in [0.1, 0.15) is 24.1 Å². The molecule has 3 N–H and O–H groups in total. The van der Waals surface area contributed by atoms with Crippen LogP contribution >= 0.6 is 0 Å². The Bertz CT molecular complexity index is 985. The van der Waals surface area contributed by atoms with Crippen molar-refractivity contribution in [1.29, 1.82) is 0 Å². The molecule has 0 bridgehead atoms. The van der Waals surface area contributed by atoms with Gasteiger partial charge in [0.25, 0.3) is 0 Å². The number of nitrogens with two attached hydrogens (primary N) is 1. The Labute approximate surface area is 193 Å². The summed E-state index contributed by atoms with van der Waals surface area (Å²) in [6.07, 6.45) is 7.51. The van der Waals surface area contributed by atoms with Crippen molar-refractivity contribution in [3.05, 3.63) is 59.3 Å². The molecule has 1 aromatic rings. The highest BCUT2D eigenvalue weighted by atomic mass is 19.1. The van der Waals surface area contributed by atoms with Crippen molar-refractivity contribution in [3.8, 4) is 11.8 Å². The van der Waals surface area contributed by atoms with Crippen LogP contribution in [0.15, 0.2) is 52.2 Å². The number of hydrogen-bond acceptors (Lipinski definition) is 4. The quantitative estimate of drug-likeness (QED) is 0.157. The minimum atomic E-state index is -1.31. The van der Waals surface area contributed by atoms with Crippen LogP contribution in [0.5, 0.6) is 0 Å². The Hall–Kier alpha value is -3.05. The van der Waals surface area contributed by atoms with Gasteiger partial charge in [-0.15, -0.1) is 0 Å². The fraction of sp³-hybridized carbons (Fsp3) is 0.440. The summed E-state index contributed by atoms with van der Waals surface area (Å²) in [7, 11) is 2.10. The summed E-state index contributed by atoms with van der Waals surface area (Å²) in [4.78, 5) is 6.10. The SMILES string of the molecule is C=N/C=C(C#CC1CCN(C)CC1)\C=C/CC1C(F)C1(CN/C=N\N)c1ccc(F)cc1F. The lowest BCUT2D eigenvalue weighted by Gasteiger charge is -2.25. The molecule has 1 aliphatic carbocycles. The largest absolute Gasteiger partial charge is 0.374 e. The Balaban J connectivity index is 1.72. The summed E-state index contributed by atoms with van der Waals surface area (Å²) in [5.41, 5.74) is -0.311. The molecule has 3 unspecified atom stereocenters. The predicted molar refractivity (Wildman–Crippen MR) is 126 cm³/mol. The monoisotopic (exact) mass is 457 g/mol. The van der Waals surface area contributed by atoms with E-state index in [0.717, 1.165) is 38.1 Å². The van der Waals surface area contributed by atoms with Crippen molar-refractivity contribution in [2.75, 3.05) is 26.7 Å². The van der Waals surface area contributed by atoms with Crippen molar-refractivity contribution in [1.82, 2.24) is 10.2 Å². The van der Waals surface area contributed by atoms with Gasteiger partial charge >= 0.3 is 0 Å². The van der Waals surface area contributed by atoms with Crippen molar-refractivity contribution < 1.29 is 13.2 Å². The van der Waals surface area contributed by atoms with Crippen LogP contribution in [-0.4, -0.2) is 50.8 Å². The maximum Gasteiger partial charge on any atom is 0.130 e. The number of likely N-dealkylation sites (tertiary alicyclic amines) is 1. The molecule has 8 heteroatoms. The third-order valence-electron chi connectivity index (χ3n) is 6.45. The lowest BCUT2D eigenvalue weighted by atomic mass is 9.91. The van der Waals surface area contributed by atoms with Crippen LogP contribution in [-0.2, 0) is 5.41 Å². The van der Waals surface area contributed by atoms with E-state index in [0.29, 0.717) is 17.9 Å². The van der Waals surface area contributed by atoms with E-state index >= 15 is 4.39 Å². The number of hydrogen-bond donors (Lipinski definition) is 2. The third-order valence-corrected chi connectivity index (χ3v) is 6.45. The second kappa shape index (κ2) is 11.2. The number of halogens is 3. The normalized spacial score (nSPS) is 26.4. The first-order valence-corrected chi connectivity index (χ1v) is 11.0. The molecule has 2 aliphatic rings. The van der Waals surface area contributed by atoms with Crippen LogP contribution in [0.1, 0.15) is 24.8 Å². The highest BCUT2D eigenvalue weighted by molar-refractivity contribution is 5.55. The molecule has 176 valence electrons. The molecule has 5 nitrogen and oxygen atoms in total. The van der Waals surface area contributed by atoms with Gasteiger partial charge in [-0.05, 0) is 63.8 Å². The number of alkyl halides is 1. The van der Waals surface area contributed by atoms with Crippen molar-refractivity contribution in [3.63, 3.8) is 0 Å². The number of benzene rings is 1. The number of nitrogens with one attached hydrogen (secondary N) is 1. The minimum Gasteiger partial charge on any atom is -0.374 e. The van der Waals surface area contributed by atoms with E-state index in [1.165, 1.54) is 12.4 Å². The Morgan fingerprint density at radius 2 is 2.12 bits per heavy atom. The summed E-state index contributed by atoms with van der Waals surface area (Å²) in [6, 6.07) is 3.23. The Morgan fingerprint density at radius 3 is 2.79 bits per heavy atom. The predicted octanol–water partition coefficient (Wildman–Crippen LogP) is 3.54. The second-order valence-corrected chi connectivity index (χ2v) is 8.58. The molecule has 1 heterocycles. The number of aliphatic imine (C=N–C) groups is 1. The van der Waals surface area contributed by atoms with Gasteiger partial charge in [0.05, 0.1) is 5.41 Å². The van der Waals surface area contributed by atoms with E-state index in [-0.39, 0.29) is 12.1 Å². The smallest absolute Gasteiger partial charge is 0.130 e. The maximum atomic E-state index is 15.1. The third kappa shape index (κ3) is 5.85. The zero-order chi connectivity index (χ0) is 23.8. The lowest BCUT2D eigenvalue weighted by Crippen LogP contribution is -2.30. The highest BCUT2D eigenvalue weighted by Gasteiger charge is 2.66. The van der Waals surface area contributed by atoms with Gasteiger partial charge < -0.3 is 16.1 Å². The molecule has 1 aliphatic heterocycles. The van der Waals surface area contributed by atoms with Gasteiger partial charge in [-0.2, -0.15) is 5.10 Å². The van der Waals surface area contributed by atoms with E-state index in [4.69, 9.17) is 5.84 Å². The fourth-order valence-electron chi connectivity index (χ4n) is 4.50. The molecule has 1 saturated carbocycles. The summed E-state index contributed by atoms with van der Waals surface area (Å²) in [6.45, 7) is 5.63. The van der Waals surface area contributed by atoms with E-state index in [2.05, 4.69) is 45.9 Å². The molecular weight excluding hydrogens is 427 g/mol. The highest BCUT2D eigenvalue weighted by Crippen LogP contribution is 2.58. The molecule has 0 spiro atoms. The van der Waals surface area contributed by atoms with E-state index in [9.17, 15) is 8.78 Å². The number of rotatable bonds is 8. The number of allylic oxidation sites excluding steroid dienone is 3. The van der Waals surface area contributed by atoms with Gasteiger partial charge in [-0.3, -0.25) is 4.99 Å². The lowest BCUT2D eigenvalue weighted by molar-refractivity contribution is 0.248. The van der Waals surface area contributed by atoms with Gasteiger partial charge in [-0.25, -0.2) is 13.2 Å². The molecule has 2 fully saturated rings. The van der Waals surface area contributed by atoms with Crippen LogP contribution in [0.25, 0.3) is 0 Å². The van der Waals surface area contributed by atoms with Crippen molar-refractivity contribution in [2.45, 2.75) is 30.8 Å². The first kappa shape index (κ1) is 24.6. The van der Waals surface area contributed by atoms with Crippen molar-refractivity contribution in [2.24, 2.45) is 27.8 Å². The molecule has 33 heavy (non-hydrogen) atoms. The summed E-state index contributed by atoms with van der Waals surface area (Å²) >= 11 is 0. The van der Waals surface area contributed by atoms with E-state index in [1.54, 1.807) is 12.3 Å². The molecule has 3 rings (SSSR count). The second-order valence-electron chi connectivity index (χ2n) is 8.58. The van der Waals surface area contributed by atoms with E-state index < -0.39 is 29.1 Å². The molecule has 0 radical (unpaired) electrons. The maximum absolute atomic E-state index is 15.1. The zero-order valence-corrected chi connectivity index (χ0v) is 18.8. The number of hydrazone groups is 1. The zero-order valence-electron chi connectivity index (χ0n) is 18.8. The molecule has 0 amide bonds. The molecular formula is C25H30F3N5. The van der Waals surface area contributed by atoms with Crippen LogP contribution in [0.3, 0.4) is 0 Å². The standard InChI is InChI=1S/C25H30F3N5/c1-30-15-19(7-6-18-10-12-33(2)13-11-18)4-3-5-22-24(28)25(22,16-31-17-32-29)21-9-8-20(26)14-23(21)27/h3-4,8-9,14-15,17-18,22,24H,1,5,10-13,16,29H2,2H3,(H,31,32)/b4-3-,19-15+. The van der Waals surface area contributed by atoms with Gasteiger partial charge in [-0.1, -0.05) is 24.0 Å². The molecule has 1 saturated heterocycles. The first-order chi connectivity index (χ1) is 15.9. The van der Waals surface area contributed by atoms with E-state index in [1.807, 2.05) is 6.08 Å². The number of nitrogens with zero attached hydrogens (tertiary/aromatic N) is 3. The van der Waals surface area contributed by atoms with Crippen molar-refractivity contribution >= 4 is 13.1 Å². The van der Waals surface area contributed by atoms with Crippen LogP contribution in [0.4, 0.5) is 13.2 Å². The van der Waals surface area contributed by atoms with Crippen LogP contribution in [0.2, 0.25) is 0 Å². The summed E-state index contributed by atoms with van der Waals surface area (Å²) in [5, 5.41) is 6.16. The van der Waals surface area contributed by atoms with Gasteiger partial charge in [0, 0.05) is 36.2 Å². The fourth-order valence-corrected chi connectivity index (χ4v) is 4.50. The number of piperidine rings is 1. The molecule has 3 atom stereocenters. The van der Waals surface area contributed by atoms with Crippen LogP contribution < -0.4 is 11.2 Å². The Morgan fingerprint density at radius 1 is 1.36 bits per heavy atom. The average Bonchev–Trinajstić information content (AvgIpc) is 3.35. The topological polar surface area (TPSA) is 66.0 Å². The van der Waals surface area contributed by atoms with Crippen LogP contribution in [0, 0.1) is 35.3 Å². The van der Waals surface area contributed by atoms with Gasteiger partial charge in [0.2, 0.25) is 0 Å².